The van der Waals surface area contributed by atoms with Crippen LogP contribution in [0.25, 0.3) is 0 Å². The van der Waals surface area contributed by atoms with Gasteiger partial charge in [0.2, 0.25) is 0 Å². The molecule has 2 saturated heterocycles. The standard InChI is InChI=1S/C14H22N2O3/c1-10-12(8-15-16(10)2)13(17)11-3-5-19-14(7-11)4-6-18-9-14/h8,11,13,17H,3-7,9H2,1-2H3. The molecule has 1 N–H and O–H groups in total. The third-order valence-electron chi connectivity index (χ3n) is 4.64. The fraction of sp³-hybridized carbons (Fsp3) is 0.786. The van der Waals surface area contributed by atoms with E-state index in [0.717, 1.165) is 37.1 Å². The zero-order valence-electron chi connectivity index (χ0n) is 11.6. The summed E-state index contributed by atoms with van der Waals surface area (Å²) in [4.78, 5) is 0. The quantitative estimate of drug-likeness (QED) is 0.878. The van der Waals surface area contributed by atoms with Gasteiger partial charge in [-0.3, -0.25) is 4.68 Å². The van der Waals surface area contributed by atoms with E-state index >= 15 is 0 Å². The van der Waals surface area contributed by atoms with Crippen LogP contribution < -0.4 is 0 Å². The Morgan fingerprint density at radius 1 is 1.53 bits per heavy atom. The number of rotatable bonds is 2. The first-order valence-electron chi connectivity index (χ1n) is 7.00. The highest BCUT2D eigenvalue weighted by Crippen LogP contribution is 2.41. The number of nitrogens with zero attached hydrogens (tertiary/aromatic N) is 2. The molecule has 106 valence electrons. The normalized spacial score (nSPS) is 32.9. The monoisotopic (exact) mass is 266 g/mol. The molecule has 3 heterocycles. The van der Waals surface area contributed by atoms with Crippen molar-refractivity contribution in [1.82, 2.24) is 9.78 Å². The van der Waals surface area contributed by atoms with Crippen molar-refractivity contribution in [3.8, 4) is 0 Å². The molecule has 2 fully saturated rings. The van der Waals surface area contributed by atoms with E-state index in [1.807, 2.05) is 18.7 Å². The highest BCUT2D eigenvalue weighted by Gasteiger charge is 2.43. The molecule has 0 bridgehead atoms. The van der Waals surface area contributed by atoms with E-state index in [0.29, 0.717) is 13.2 Å². The molecule has 5 nitrogen and oxygen atoms in total. The van der Waals surface area contributed by atoms with Crippen LogP contribution >= 0.6 is 0 Å². The van der Waals surface area contributed by atoms with Crippen LogP contribution in [0.3, 0.4) is 0 Å². The molecule has 2 aliphatic heterocycles. The van der Waals surface area contributed by atoms with Crippen molar-refractivity contribution in [3.05, 3.63) is 17.5 Å². The lowest BCUT2D eigenvalue weighted by Gasteiger charge is -2.38. The molecule has 19 heavy (non-hydrogen) atoms. The van der Waals surface area contributed by atoms with Crippen LogP contribution in [0.4, 0.5) is 0 Å². The van der Waals surface area contributed by atoms with Crippen molar-refractivity contribution in [3.63, 3.8) is 0 Å². The lowest BCUT2D eigenvalue weighted by atomic mass is 9.80. The van der Waals surface area contributed by atoms with E-state index in [-0.39, 0.29) is 11.5 Å². The molecule has 0 saturated carbocycles. The van der Waals surface area contributed by atoms with Crippen molar-refractivity contribution >= 4 is 0 Å². The van der Waals surface area contributed by atoms with Gasteiger partial charge >= 0.3 is 0 Å². The molecule has 3 unspecified atom stereocenters. The topological polar surface area (TPSA) is 56.5 Å². The van der Waals surface area contributed by atoms with E-state index in [1.54, 1.807) is 6.20 Å². The van der Waals surface area contributed by atoms with Gasteiger partial charge in [0.25, 0.3) is 0 Å². The smallest absolute Gasteiger partial charge is 0.0940 e. The van der Waals surface area contributed by atoms with E-state index < -0.39 is 6.10 Å². The van der Waals surface area contributed by atoms with E-state index in [9.17, 15) is 5.11 Å². The second-order valence-electron chi connectivity index (χ2n) is 5.84. The summed E-state index contributed by atoms with van der Waals surface area (Å²) in [5, 5.41) is 14.9. The maximum absolute atomic E-state index is 10.6. The second kappa shape index (κ2) is 4.89. The number of hydrogen-bond donors (Lipinski definition) is 1. The SMILES string of the molecule is Cc1c(C(O)C2CCOC3(CCOC3)C2)cnn1C. The number of aliphatic hydroxyl groups excluding tert-OH is 1. The highest BCUT2D eigenvalue weighted by atomic mass is 16.6. The van der Waals surface area contributed by atoms with Gasteiger partial charge < -0.3 is 14.6 Å². The molecular formula is C14H22N2O3. The van der Waals surface area contributed by atoms with Gasteiger partial charge in [-0.1, -0.05) is 0 Å². The molecule has 1 spiro atoms. The molecule has 1 aromatic rings. The molecule has 0 radical (unpaired) electrons. The van der Waals surface area contributed by atoms with Gasteiger partial charge in [0.1, 0.15) is 0 Å². The van der Waals surface area contributed by atoms with Gasteiger partial charge in [0.05, 0.1) is 24.5 Å². The van der Waals surface area contributed by atoms with Crippen LogP contribution in [0.1, 0.15) is 36.6 Å². The molecule has 2 aliphatic rings. The van der Waals surface area contributed by atoms with Crippen LogP contribution in [0.15, 0.2) is 6.20 Å². The molecule has 1 aromatic heterocycles. The molecule has 0 aliphatic carbocycles. The first-order chi connectivity index (χ1) is 9.11. The number of aryl methyl sites for hydroxylation is 1. The lowest BCUT2D eigenvalue weighted by Crippen LogP contribution is -2.41. The minimum absolute atomic E-state index is 0.153. The summed E-state index contributed by atoms with van der Waals surface area (Å²) in [5.74, 6) is 0.235. The Bertz CT molecular complexity index is 452. The van der Waals surface area contributed by atoms with Gasteiger partial charge in [-0.25, -0.2) is 0 Å². The van der Waals surface area contributed by atoms with Crippen molar-refractivity contribution in [2.45, 2.75) is 37.9 Å². The van der Waals surface area contributed by atoms with Gasteiger partial charge in [-0.05, 0) is 25.7 Å². The summed E-state index contributed by atoms with van der Waals surface area (Å²) < 4.78 is 13.2. The zero-order chi connectivity index (χ0) is 13.5. The van der Waals surface area contributed by atoms with Gasteiger partial charge in [-0.2, -0.15) is 5.10 Å². The first kappa shape index (κ1) is 13.1. The summed E-state index contributed by atoms with van der Waals surface area (Å²) in [6.07, 6.45) is 4.06. The average molecular weight is 266 g/mol. The molecule has 3 atom stereocenters. The fourth-order valence-corrected chi connectivity index (χ4v) is 3.26. The van der Waals surface area contributed by atoms with Crippen molar-refractivity contribution in [2.75, 3.05) is 19.8 Å². The Kier molecular flexibility index (Phi) is 3.37. The predicted molar refractivity (Wildman–Crippen MR) is 69.7 cm³/mol. The van der Waals surface area contributed by atoms with Gasteiger partial charge in [0.15, 0.2) is 0 Å². The number of aromatic nitrogens is 2. The molecule has 0 aromatic carbocycles. The molecule has 5 heteroatoms. The third-order valence-corrected chi connectivity index (χ3v) is 4.64. The Morgan fingerprint density at radius 3 is 3.00 bits per heavy atom. The summed E-state index contributed by atoms with van der Waals surface area (Å²) in [6, 6.07) is 0. The average Bonchev–Trinajstić information content (AvgIpc) is 2.98. The minimum atomic E-state index is -0.449. The summed E-state index contributed by atoms with van der Waals surface area (Å²) in [5.41, 5.74) is 1.83. The van der Waals surface area contributed by atoms with Crippen molar-refractivity contribution in [2.24, 2.45) is 13.0 Å². The fourth-order valence-electron chi connectivity index (χ4n) is 3.26. The van der Waals surface area contributed by atoms with Crippen LogP contribution in [0.5, 0.6) is 0 Å². The Labute approximate surface area is 113 Å². The van der Waals surface area contributed by atoms with E-state index in [1.165, 1.54) is 0 Å². The number of hydrogen-bond acceptors (Lipinski definition) is 4. The van der Waals surface area contributed by atoms with Crippen LogP contribution in [0, 0.1) is 12.8 Å². The summed E-state index contributed by atoms with van der Waals surface area (Å²) >= 11 is 0. The van der Waals surface area contributed by atoms with Crippen LogP contribution in [0.2, 0.25) is 0 Å². The predicted octanol–water partition coefficient (Wildman–Crippen LogP) is 1.35. The second-order valence-corrected chi connectivity index (χ2v) is 5.84. The van der Waals surface area contributed by atoms with Crippen LogP contribution in [-0.2, 0) is 16.5 Å². The number of ether oxygens (including phenoxy) is 2. The van der Waals surface area contributed by atoms with Crippen LogP contribution in [-0.4, -0.2) is 40.3 Å². The highest BCUT2D eigenvalue weighted by molar-refractivity contribution is 5.20. The lowest BCUT2D eigenvalue weighted by molar-refractivity contribution is -0.117. The Hall–Kier alpha value is -0.910. The minimum Gasteiger partial charge on any atom is -0.388 e. The number of aliphatic hydroxyl groups is 1. The van der Waals surface area contributed by atoms with Gasteiger partial charge in [0, 0.05) is 37.9 Å². The maximum Gasteiger partial charge on any atom is 0.0940 e. The zero-order valence-corrected chi connectivity index (χ0v) is 11.6. The summed E-state index contributed by atoms with van der Waals surface area (Å²) in [6.45, 7) is 4.15. The van der Waals surface area contributed by atoms with E-state index in [2.05, 4.69) is 5.10 Å². The van der Waals surface area contributed by atoms with Gasteiger partial charge in [-0.15, -0.1) is 0 Å². The van der Waals surface area contributed by atoms with Crippen molar-refractivity contribution in [1.29, 1.82) is 0 Å². The largest absolute Gasteiger partial charge is 0.388 e. The molecule has 3 rings (SSSR count). The Balaban J connectivity index is 1.76. The summed E-state index contributed by atoms with van der Waals surface area (Å²) in [7, 11) is 1.90. The van der Waals surface area contributed by atoms with Crippen molar-refractivity contribution < 1.29 is 14.6 Å². The van der Waals surface area contributed by atoms with E-state index in [4.69, 9.17) is 9.47 Å². The maximum atomic E-state index is 10.6. The first-order valence-corrected chi connectivity index (χ1v) is 7.00. The molecule has 0 amide bonds. The molecular weight excluding hydrogens is 244 g/mol. The Morgan fingerprint density at radius 2 is 2.37 bits per heavy atom. The third kappa shape index (κ3) is 2.30.